The summed E-state index contributed by atoms with van der Waals surface area (Å²) >= 11 is 0. The van der Waals surface area contributed by atoms with Gasteiger partial charge in [-0.15, -0.1) is 0 Å². The molecule has 20 atom stereocenters. The largest absolute Gasteiger partial charge is 0.497 e. The molecule has 0 aromatic heterocycles. The van der Waals surface area contributed by atoms with Gasteiger partial charge in [0.05, 0.1) is 51.2 Å². The molecule has 6 rings (SSSR count). The Bertz CT molecular complexity index is 1350. The highest BCUT2D eigenvalue weighted by Crippen LogP contribution is 2.40. The highest BCUT2D eigenvalue weighted by Gasteiger charge is 2.55. The molecule has 1 aromatic carbocycles. The van der Waals surface area contributed by atoms with Crippen LogP contribution in [0.5, 0.6) is 11.5 Å². The van der Waals surface area contributed by atoms with E-state index in [0.717, 1.165) is 0 Å². The first kappa shape index (κ1) is 40.7. The Morgan fingerprint density at radius 2 is 1.36 bits per heavy atom. The lowest BCUT2D eigenvalue weighted by Gasteiger charge is -2.49. The Hall–Kier alpha value is -1.94. The van der Waals surface area contributed by atoms with E-state index in [9.17, 15) is 30.6 Å². The average molecular weight is 764 g/mol. The van der Waals surface area contributed by atoms with Gasteiger partial charge in [0, 0.05) is 18.6 Å². The Morgan fingerprint density at radius 3 is 2.04 bits per heavy atom. The summed E-state index contributed by atoms with van der Waals surface area (Å²) < 4.78 is 58.7. The number of nitrogens with two attached hydrogens (primary N) is 5. The second kappa shape index (κ2) is 17.1. The maximum absolute atomic E-state index is 11.4. The number of aliphatic hydroxyl groups is 6. The summed E-state index contributed by atoms with van der Waals surface area (Å²) in [5.74, 6) is 1.02. The molecule has 0 radical (unpaired) electrons. The minimum atomic E-state index is -1.62. The predicted octanol–water partition coefficient (Wildman–Crippen LogP) is -6.08. The van der Waals surface area contributed by atoms with E-state index in [-0.39, 0.29) is 19.6 Å². The van der Waals surface area contributed by atoms with Crippen molar-refractivity contribution in [1.29, 1.82) is 0 Å². The molecule has 4 heterocycles. The van der Waals surface area contributed by atoms with E-state index in [1.807, 2.05) is 0 Å². The highest BCUT2D eigenvalue weighted by molar-refractivity contribution is 5.41. The molecule has 5 fully saturated rings. The van der Waals surface area contributed by atoms with Crippen LogP contribution in [0.3, 0.4) is 0 Å². The molecule has 0 amide bonds. The van der Waals surface area contributed by atoms with Crippen LogP contribution in [0.1, 0.15) is 18.3 Å². The van der Waals surface area contributed by atoms with Crippen LogP contribution >= 0.6 is 0 Å². The zero-order chi connectivity index (χ0) is 38.3. The minimum absolute atomic E-state index is 0.0358. The third-order valence-corrected chi connectivity index (χ3v) is 10.5. The van der Waals surface area contributed by atoms with Crippen molar-refractivity contribution in [3.8, 4) is 11.5 Å². The summed E-state index contributed by atoms with van der Waals surface area (Å²) in [6.45, 7) is -0.856. The van der Waals surface area contributed by atoms with E-state index in [2.05, 4.69) is 0 Å². The first-order valence-corrected chi connectivity index (χ1v) is 17.5. The number of ether oxygens (including phenoxy) is 10. The molecule has 21 nitrogen and oxygen atoms in total. The van der Waals surface area contributed by atoms with E-state index in [1.165, 1.54) is 14.2 Å². The SMILES string of the molecule is COc1ccc(OC)c([C@@H]2OC[C@H]3O[C@H](O[C@@H]4[C@@H](O[C@@H]5O[C@H](CO)[C@@H](O[C@@H]6O[C@H](CN)[C@H](O)[C@@H](O)[C@@H]6N)[C@H]5O)[C@H](O)[C@@H](N)C[C@H]4N)[C@H](N)[C@@H](O)[C@@H]3O2)c1. The lowest BCUT2D eigenvalue weighted by atomic mass is 9.84. The van der Waals surface area contributed by atoms with Crippen molar-refractivity contribution >= 4 is 0 Å². The van der Waals surface area contributed by atoms with Gasteiger partial charge in [0.25, 0.3) is 0 Å². The Kier molecular flexibility index (Phi) is 13.1. The number of rotatable bonds is 11. The minimum Gasteiger partial charge on any atom is -0.497 e. The van der Waals surface area contributed by atoms with Crippen LogP contribution in [0.15, 0.2) is 18.2 Å². The molecular weight excluding hydrogens is 710 g/mol. The monoisotopic (exact) mass is 763 g/mol. The molecule has 0 spiro atoms. The summed E-state index contributed by atoms with van der Waals surface area (Å²) in [6, 6.07) is 0.936. The van der Waals surface area contributed by atoms with E-state index in [1.54, 1.807) is 18.2 Å². The lowest BCUT2D eigenvalue weighted by Crippen LogP contribution is -2.69. The third kappa shape index (κ3) is 8.02. The smallest absolute Gasteiger partial charge is 0.188 e. The van der Waals surface area contributed by atoms with Crippen LogP contribution < -0.4 is 38.1 Å². The van der Waals surface area contributed by atoms with Crippen LogP contribution in [0.2, 0.25) is 0 Å². The van der Waals surface area contributed by atoms with Gasteiger partial charge in [0.15, 0.2) is 25.2 Å². The zero-order valence-electron chi connectivity index (χ0n) is 29.3. The molecular formula is C32H53N5O16. The van der Waals surface area contributed by atoms with E-state index < -0.39 is 129 Å². The van der Waals surface area contributed by atoms with Crippen molar-refractivity contribution in [2.45, 2.75) is 129 Å². The number of aliphatic hydroxyl groups excluding tert-OH is 6. The fourth-order valence-corrected chi connectivity index (χ4v) is 7.39. The van der Waals surface area contributed by atoms with Crippen molar-refractivity contribution in [1.82, 2.24) is 0 Å². The van der Waals surface area contributed by atoms with Crippen LogP contribution in [-0.2, 0) is 37.9 Å². The topological polar surface area (TPSA) is 344 Å². The first-order valence-electron chi connectivity index (χ1n) is 17.5. The molecule has 1 aromatic rings. The summed E-state index contributed by atoms with van der Waals surface area (Å²) in [5.41, 5.74) is 31.4. The Morgan fingerprint density at radius 1 is 0.698 bits per heavy atom. The number of hydrogen-bond donors (Lipinski definition) is 11. The normalized spacial score (nSPS) is 47.6. The molecule has 1 saturated carbocycles. The standard InChI is InChI=1S/C32H53N5O16/c1-44-10-3-4-14(45-2)11(5-10)29-46-9-17-27(51-29)23(42)19(37)31(49-17)50-25-13(35)6-12(34)20(39)28(25)53-32-24(43)26(16(8-38)48-32)52-30-18(36)22(41)21(40)15(7-33)47-30/h3-5,12-13,15-32,38-43H,6-9,33-37H2,1-2H3/t12-,13+,15+,16+,17+,18-,19+,20+,21-,22-,23+,24+,25-,26+,27+,28-,29+,30-,31+,32-/m0/s1. The number of methoxy groups -OCH3 is 2. The molecule has 0 unspecified atom stereocenters. The molecule has 16 N–H and O–H groups in total. The van der Waals surface area contributed by atoms with Crippen molar-refractivity contribution in [2.75, 3.05) is 34.0 Å². The third-order valence-electron chi connectivity index (χ3n) is 10.5. The van der Waals surface area contributed by atoms with Gasteiger partial charge in [0.1, 0.15) is 78.6 Å². The predicted molar refractivity (Wildman–Crippen MR) is 176 cm³/mol. The number of hydrogen-bond acceptors (Lipinski definition) is 21. The van der Waals surface area contributed by atoms with Crippen molar-refractivity contribution in [2.24, 2.45) is 28.7 Å². The molecule has 53 heavy (non-hydrogen) atoms. The molecule has 4 saturated heterocycles. The quantitative estimate of drug-likeness (QED) is 0.0999. The molecule has 1 aliphatic carbocycles. The van der Waals surface area contributed by atoms with Gasteiger partial charge >= 0.3 is 0 Å². The molecule has 302 valence electrons. The summed E-state index contributed by atoms with van der Waals surface area (Å²) in [5, 5.41) is 64.6. The number of fused-ring (bicyclic) bond motifs is 1. The van der Waals surface area contributed by atoms with Crippen molar-refractivity contribution < 1.29 is 78.0 Å². The Labute approximate surface area is 304 Å². The van der Waals surface area contributed by atoms with Crippen molar-refractivity contribution in [3.63, 3.8) is 0 Å². The van der Waals surface area contributed by atoms with Crippen molar-refractivity contribution in [3.05, 3.63) is 23.8 Å². The lowest BCUT2D eigenvalue weighted by molar-refractivity contribution is -0.356. The summed E-state index contributed by atoms with van der Waals surface area (Å²) in [4.78, 5) is 0. The van der Waals surface area contributed by atoms with Gasteiger partial charge in [-0.2, -0.15) is 0 Å². The molecule has 0 bridgehead atoms. The van der Waals surface area contributed by atoms with Crippen LogP contribution in [-0.4, -0.2) is 181 Å². The first-order chi connectivity index (χ1) is 25.3. The number of benzene rings is 1. The average Bonchev–Trinajstić information content (AvgIpc) is 3.46. The molecule has 21 heteroatoms. The van der Waals surface area contributed by atoms with E-state index >= 15 is 0 Å². The van der Waals surface area contributed by atoms with E-state index in [0.29, 0.717) is 17.1 Å². The van der Waals surface area contributed by atoms with Gasteiger partial charge in [-0.3, -0.25) is 0 Å². The van der Waals surface area contributed by atoms with Gasteiger partial charge in [-0.25, -0.2) is 0 Å². The van der Waals surface area contributed by atoms with E-state index in [4.69, 9.17) is 76.0 Å². The van der Waals surface area contributed by atoms with Gasteiger partial charge in [0.2, 0.25) is 0 Å². The van der Waals surface area contributed by atoms with Gasteiger partial charge < -0.3 is 107 Å². The molecule has 5 aliphatic rings. The fraction of sp³-hybridized carbons (Fsp3) is 0.812. The maximum atomic E-state index is 11.4. The molecule has 4 aliphatic heterocycles. The zero-order valence-corrected chi connectivity index (χ0v) is 29.3. The van der Waals surface area contributed by atoms with Gasteiger partial charge in [-0.05, 0) is 24.6 Å². The summed E-state index contributed by atoms with van der Waals surface area (Å²) in [6.07, 6.45) is -20.1. The second-order valence-corrected chi connectivity index (χ2v) is 13.9. The Balaban J connectivity index is 1.14. The van der Waals surface area contributed by atoms with Crippen LogP contribution in [0.4, 0.5) is 0 Å². The highest BCUT2D eigenvalue weighted by atomic mass is 16.8. The fourth-order valence-electron chi connectivity index (χ4n) is 7.39. The van der Waals surface area contributed by atoms with Gasteiger partial charge in [-0.1, -0.05) is 0 Å². The maximum Gasteiger partial charge on any atom is 0.188 e. The van der Waals surface area contributed by atoms with Crippen LogP contribution in [0.25, 0.3) is 0 Å². The second-order valence-electron chi connectivity index (χ2n) is 13.9. The summed E-state index contributed by atoms with van der Waals surface area (Å²) in [7, 11) is 3.02. The van der Waals surface area contributed by atoms with Crippen LogP contribution in [0, 0.1) is 0 Å².